The molecule has 0 fully saturated rings. The third-order valence-electron chi connectivity index (χ3n) is 2.91. The van der Waals surface area contributed by atoms with Gasteiger partial charge in [0.1, 0.15) is 17.3 Å². The molecule has 3 rings (SSSR count). The number of hydrogen-bond acceptors (Lipinski definition) is 2. The largest absolute Gasteiger partial charge is 0.383 e. The number of nitrogens with two attached hydrogens (primary N) is 1. The van der Waals surface area contributed by atoms with Gasteiger partial charge in [-0.25, -0.2) is 9.37 Å². The fraction of sp³-hybridized carbons (Fsp3) is 0.0714. The number of benzene rings is 1. The number of pyridine rings is 1. The van der Waals surface area contributed by atoms with E-state index in [2.05, 4.69) is 4.98 Å². The molecule has 0 amide bonds. The zero-order valence-corrected chi connectivity index (χ0v) is 9.68. The second-order valence-corrected chi connectivity index (χ2v) is 4.18. The van der Waals surface area contributed by atoms with E-state index in [1.165, 1.54) is 12.3 Å². The van der Waals surface area contributed by atoms with Crippen LogP contribution in [0.25, 0.3) is 5.65 Å². The summed E-state index contributed by atoms with van der Waals surface area (Å²) in [6, 6.07) is 13.0. The van der Waals surface area contributed by atoms with Gasteiger partial charge in [0.25, 0.3) is 0 Å². The molecule has 0 bridgehead atoms. The highest BCUT2D eigenvalue weighted by atomic mass is 19.1. The minimum atomic E-state index is -0.321. The van der Waals surface area contributed by atoms with Gasteiger partial charge in [0.15, 0.2) is 0 Å². The molecule has 3 aromatic rings. The number of nitrogens with zero attached hydrogens (tertiary/aromatic N) is 2. The lowest BCUT2D eigenvalue weighted by molar-refractivity contribution is 0.619. The van der Waals surface area contributed by atoms with Crippen LogP contribution < -0.4 is 5.73 Å². The molecule has 0 aliphatic rings. The van der Waals surface area contributed by atoms with E-state index < -0.39 is 0 Å². The fourth-order valence-electron chi connectivity index (χ4n) is 2.00. The first-order chi connectivity index (χ1) is 8.74. The first-order valence-electron chi connectivity index (χ1n) is 5.70. The molecule has 0 aliphatic heterocycles. The second kappa shape index (κ2) is 4.14. The van der Waals surface area contributed by atoms with Crippen LogP contribution in [0.3, 0.4) is 0 Å². The number of rotatable bonds is 2. The monoisotopic (exact) mass is 241 g/mol. The number of halogens is 1. The van der Waals surface area contributed by atoms with E-state index in [0.29, 0.717) is 17.9 Å². The minimum absolute atomic E-state index is 0.321. The van der Waals surface area contributed by atoms with E-state index in [1.54, 1.807) is 10.5 Å². The molecule has 3 nitrogen and oxygen atoms in total. The standard InChI is InChI=1S/C14H12FN3/c15-11-6-7-13-17-12(14(16)18(13)9-11)8-10-4-2-1-3-5-10/h1-7,9H,8,16H2. The van der Waals surface area contributed by atoms with Gasteiger partial charge in [0, 0.05) is 12.6 Å². The van der Waals surface area contributed by atoms with Crippen molar-refractivity contribution in [1.29, 1.82) is 0 Å². The third kappa shape index (κ3) is 1.82. The Bertz CT molecular complexity index is 689. The SMILES string of the molecule is Nc1c(Cc2ccccc2)nc2ccc(F)cn12. The van der Waals surface area contributed by atoms with Crippen LogP contribution in [0.1, 0.15) is 11.3 Å². The molecule has 0 radical (unpaired) electrons. The second-order valence-electron chi connectivity index (χ2n) is 4.18. The van der Waals surface area contributed by atoms with Crippen LogP contribution in [0.2, 0.25) is 0 Å². The van der Waals surface area contributed by atoms with Crippen molar-refractivity contribution in [1.82, 2.24) is 9.38 Å². The van der Waals surface area contributed by atoms with Gasteiger partial charge in [0.2, 0.25) is 0 Å². The lowest BCUT2D eigenvalue weighted by atomic mass is 10.1. The van der Waals surface area contributed by atoms with Crippen LogP contribution >= 0.6 is 0 Å². The summed E-state index contributed by atoms with van der Waals surface area (Å²) in [7, 11) is 0. The summed E-state index contributed by atoms with van der Waals surface area (Å²) in [5.74, 6) is 0.172. The minimum Gasteiger partial charge on any atom is -0.383 e. The van der Waals surface area contributed by atoms with Gasteiger partial charge in [-0.1, -0.05) is 30.3 Å². The molecule has 18 heavy (non-hydrogen) atoms. The zero-order valence-electron chi connectivity index (χ0n) is 9.68. The molecule has 90 valence electrons. The van der Waals surface area contributed by atoms with Crippen LogP contribution in [0.15, 0.2) is 48.7 Å². The Labute approximate surface area is 104 Å². The van der Waals surface area contributed by atoms with E-state index >= 15 is 0 Å². The summed E-state index contributed by atoms with van der Waals surface area (Å²) in [6.07, 6.45) is 2.00. The van der Waals surface area contributed by atoms with E-state index in [-0.39, 0.29) is 5.82 Å². The molecule has 2 heterocycles. The van der Waals surface area contributed by atoms with Gasteiger partial charge in [0.05, 0.1) is 5.69 Å². The fourth-order valence-corrected chi connectivity index (χ4v) is 2.00. The third-order valence-corrected chi connectivity index (χ3v) is 2.91. The molecule has 2 aromatic heterocycles. The van der Waals surface area contributed by atoms with Crippen molar-refractivity contribution in [3.8, 4) is 0 Å². The van der Waals surface area contributed by atoms with Crippen LogP contribution in [0.4, 0.5) is 10.2 Å². The Hall–Kier alpha value is -2.36. The Kier molecular flexibility index (Phi) is 2.48. The maximum Gasteiger partial charge on any atom is 0.140 e. The number of hydrogen-bond donors (Lipinski definition) is 1. The lowest BCUT2D eigenvalue weighted by Crippen LogP contribution is -1.97. The molecular formula is C14H12FN3. The first-order valence-corrected chi connectivity index (χ1v) is 5.70. The molecule has 0 saturated heterocycles. The Morgan fingerprint density at radius 2 is 1.89 bits per heavy atom. The summed E-state index contributed by atoms with van der Waals surface area (Å²) in [5.41, 5.74) is 8.56. The predicted molar refractivity (Wildman–Crippen MR) is 68.8 cm³/mol. The van der Waals surface area contributed by atoms with Crippen molar-refractivity contribution in [2.75, 3.05) is 5.73 Å². The summed E-state index contributed by atoms with van der Waals surface area (Å²) in [5, 5.41) is 0. The van der Waals surface area contributed by atoms with E-state index in [0.717, 1.165) is 11.3 Å². The highest BCUT2D eigenvalue weighted by molar-refractivity contribution is 5.53. The van der Waals surface area contributed by atoms with Crippen LogP contribution in [-0.4, -0.2) is 9.38 Å². The van der Waals surface area contributed by atoms with Gasteiger partial charge < -0.3 is 5.73 Å². The van der Waals surface area contributed by atoms with Crippen molar-refractivity contribution >= 4 is 11.5 Å². The Balaban J connectivity index is 2.05. The molecule has 2 N–H and O–H groups in total. The van der Waals surface area contributed by atoms with Gasteiger partial charge in [-0.15, -0.1) is 0 Å². The van der Waals surface area contributed by atoms with E-state index in [9.17, 15) is 4.39 Å². The van der Waals surface area contributed by atoms with Crippen molar-refractivity contribution < 1.29 is 4.39 Å². The van der Waals surface area contributed by atoms with Crippen LogP contribution in [0, 0.1) is 5.82 Å². The zero-order chi connectivity index (χ0) is 12.5. The van der Waals surface area contributed by atoms with Gasteiger partial charge in [-0.05, 0) is 17.7 Å². The van der Waals surface area contributed by atoms with Gasteiger partial charge in [-0.3, -0.25) is 4.40 Å². The quantitative estimate of drug-likeness (QED) is 0.749. The maximum atomic E-state index is 13.1. The van der Waals surface area contributed by atoms with Crippen molar-refractivity contribution in [2.45, 2.75) is 6.42 Å². The smallest absolute Gasteiger partial charge is 0.140 e. The molecular weight excluding hydrogens is 229 g/mol. The molecule has 0 aliphatic carbocycles. The highest BCUT2D eigenvalue weighted by Crippen LogP contribution is 2.18. The van der Waals surface area contributed by atoms with Crippen molar-refractivity contribution in [3.63, 3.8) is 0 Å². The van der Waals surface area contributed by atoms with E-state index in [1.807, 2.05) is 30.3 Å². The number of anilines is 1. The first kappa shape index (κ1) is 10.8. The molecule has 0 unspecified atom stereocenters. The van der Waals surface area contributed by atoms with Crippen LogP contribution in [0.5, 0.6) is 0 Å². The summed E-state index contributed by atoms with van der Waals surface area (Å²) in [4.78, 5) is 4.42. The summed E-state index contributed by atoms with van der Waals surface area (Å²) in [6.45, 7) is 0. The summed E-state index contributed by atoms with van der Waals surface area (Å²) >= 11 is 0. The highest BCUT2D eigenvalue weighted by Gasteiger charge is 2.10. The maximum absolute atomic E-state index is 13.1. The molecule has 0 saturated carbocycles. The average Bonchev–Trinajstić information content (AvgIpc) is 2.68. The Morgan fingerprint density at radius 3 is 2.67 bits per heavy atom. The molecule has 4 heteroatoms. The molecule has 1 aromatic carbocycles. The topological polar surface area (TPSA) is 43.3 Å². The average molecular weight is 241 g/mol. The molecule has 0 spiro atoms. The van der Waals surface area contributed by atoms with Crippen molar-refractivity contribution in [3.05, 3.63) is 65.7 Å². The number of imidazole rings is 1. The van der Waals surface area contributed by atoms with Crippen LogP contribution in [-0.2, 0) is 6.42 Å². The van der Waals surface area contributed by atoms with Gasteiger partial charge >= 0.3 is 0 Å². The normalized spacial score (nSPS) is 10.9. The number of nitrogen functional groups attached to an aromatic ring is 1. The van der Waals surface area contributed by atoms with Crippen molar-refractivity contribution in [2.24, 2.45) is 0 Å². The molecule has 0 atom stereocenters. The summed E-state index contributed by atoms with van der Waals surface area (Å²) < 4.78 is 14.7. The number of fused-ring (bicyclic) bond motifs is 1. The lowest BCUT2D eigenvalue weighted by Gasteiger charge is -1.99. The number of aromatic nitrogens is 2. The Morgan fingerprint density at radius 1 is 1.11 bits per heavy atom. The predicted octanol–water partition coefficient (Wildman–Crippen LogP) is 2.65. The van der Waals surface area contributed by atoms with E-state index in [4.69, 9.17) is 5.73 Å². The van der Waals surface area contributed by atoms with Gasteiger partial charge in [-0.2, -0.15) is 0 Å².